The first-order valence-electron chi connectivity index (χ1n) is 6.72. The molecule has 0 saturated heterocycles. The lowest BCUT2D eigenvalue weighted by atomic mass is 9.91. The number of hydrogen-bond acceptors (Lipinski definition) is 0. The summed E-state index contributed by atoms with van der Waals surface area (Å²) < 4.78 is 0. The molecule has 0 heterocycles. The van der Waals surface area contributed by atoms with Crippen LogP contribution in [0.15, 0.2) is 37.4 Å². The van der Waals surface area contributed by atoms with Gasteiger partial charge in [-0.1, -0.05) is 30.9 Å². The number of hydrogen-bond donors (Lipinski definition) is 0. The molecule has 0 saturated carbocycles. The molecule has 0 amide bonds. The minimum Gasteiger partial charge on any atom is -0.103 e. The van der Waals surface area contributed by atoms with E-state index in [0.717, 1.165) is 12.8 Å². The minimum atomic E-state index is 1.11. The van der Waals surface area contributed by atoms with Gasteiger partial charge in [-0.05, 0) is 67.2 Å². The second kappa shape index (κ2) is 5.86. The van der Waals surface area contributed by atoms with Gasteiger partial charge in [-0.2, -0.15) is 0 Å². The fraction of sp³-hybridized carbons (Fsp3) is 0.412. The molecule has 0 N–H and O–H groups in total. The number of allylic oxidation sites excluding steroid dienone is 2. The summed E-state index contributed by atoms with van der Waals surface area (Å²) in [6.07, 6.45) is 10.5. The molecule has 0 bridgehead atoms. The first-order valence-corrected chi connectivity index (χ1v) is 6.72. The predicted molar refractivity (Wildman–Crippen MR) is 76.2 cm³/mol. The van der Waals surface area contributed by atoms with Crippen LogP contribution in [0.1, 0.15) is 48.8 Å². The van der Waals surface area contributed by atoms with E-state index < -0.39 is 0 Å². The standard InChI is InChI=1S/C17H22/c1-3-4-5-10-15-12-8-13-16-11-7-6-9-14(2)17(15)16/h3,8,12-13H,1-2,4-7,9-11H2. The maximum absolute atomic E-state index is 4.28. The zero-order chi connectivity index (χ0) is 12.1. The van der Waals surface area contributed by atoms with E-state index >= 15 is 0 Å². The molecule has 1 aromatic carbocycles. The molecule has 0 fully saturated rings. The van der Waals surface area contributed by atoms with Gasteiger partial charge in [-0.15, -0.1) is 6.58 Å². The maximum atomic E-state index is 4.28. The van der Waals surface area contributed by atoms with Gasteiger partial charge in [-0.3, -0.25) is 0 Å². The van der Waals surface area contributed by atoms with Crippen molar-refractivity contribution in [3.05, 3.63) is 54.1 Å². The third-order valence-corrected chi connectivity index (χ3v) is 3.62. The molecular weight excluding hydrogens is 204 g/mol. The summed E-state index contributed by atoms with van der Waals surface area (Å²) in [5.41, 5.74) is 5.85. The number of fused-ring (bicyclic) bond motifs is 1. The molecule has 0 unspecified atom stereocenters. The van der Waals surface area contributed by atoms with Crippen molar-refractivity contribution in [2.45, 2.75) is 44.9 Å². The van der Waals surface area contributed by atoms with Gasteiger partial charge >= 0.3 is 0 Å². The van der Waals surface area contributed by atoms with Gasteiger partial charge < -0.3 is 0 Å². The Bertz CT molecular complexity index is 412. The van der Waals surface area contributed by atoms with Crippen molar-refractivity contribution in [2.24, 2.45) is 0 Å². The summed E-state index contributed by atoms with van der Waals surface area (Å²) in [5, 5.41) is 0. The molecule has 1 aliphatic rings. The molecular formula is C17H22. The van der Waals surface area contributed by atoms with E-state index in [2.05, 4.69) is 31.4 Å². The Labute approximate surface area is 105 Å². The average molecular weight is 226 g/mol. The van der Waals surface area contributed by atoms with Crippen LogP contribution in [0.5, 0.6) is 0 Å². The van der Waals surface area contributed by atoms with Gasteiger partial charge in [0.1, 0.15) is 0 Å². The molecule has 1 aromatic rings. The molecule has 0 aliphatic heterocycles. The fourth-order valence-electron chi connectivity index (χ4n) is 2.74. The van der Waals surface area contributed by atoms with Gasteiger partial charge in [0.2, 0.25) is 0 Å². The van der Waals surface area contributed by atoms with E-state index in [-0.39, 0.29) is 0 Å². The Morgan fingerprint density at radius 3 is 2.82 bits per heavy atom. The summed E-state index contributed by atoms with van der Waals surface area (Å²) in [6.45, 7) is 8.08. The predicted octanol–water partition coefficient (Wildman–Crippen LogP) is 4.93. The summed E-state index contributed by atoms with van der Waals surface area (Å²) in [4.78, 5) is 0. The van der Waals surface area contributed by atoms with Crippen LogP contribution >= 0.6 is 0 Å². The Hall–Kier alpha value is -1.30. The zero-order valence-corrected chi connectivity index (χ0v) is 10.7. The number of rotatable bonds is 4. The smallest absolute Gasteiger partial charge is 0.0166 e. The van der Waals surface area contributed by atoms with E-state index in [9.17, 15) is 0 Å². The number of unbranched alkanes of at least 4 members (excludes halogenated alkanes) is 1. The highest BCUT2D eigenvalue weighted by Gasteiger charge is 2.14. The van der Waals surface area contributed by atoms with Crippen molar-refractivity contribution in [2.75, 3.05) is 0 Å². The molecule has 2 rings (SSSR count). The lowest BCUT2D eigenvalue weighted by molar-refractivity contribution is 0.771. The summed E-state index contributed by atoms with van der Waals surface area (Å²) in [5.74, 6) is 0. The van der Waals surface area contributed by atoms with Crippen LogP contribution in [0.4, 0.5) is 0 Å². The quantitative estimate of drug-likeness (QED) is 0.388. The normalized spacial score (nSPS) is 15.2. The molecule has 0 heteroatoms. The van der Waals surface area contributed by atoms with E-state index in [1.165, 1.54) is 54.4 Å². The fourth-order valence-corrected chi connectivity index (χ4v) is 2.74. The van der Waals surface area contributed by atoms with Crippen molar-refractivity contribution >= 4 is 5.57 Å². The molecule has 0 aromatic heterocycles. The van der Waals surface area contributed by atoms with Crippen LogP contribution in [-0.4, -0.2) is 0 Å². The molecule has 0 nitrogen and oxygen atoms in total. The first kappa shape index (κ1) is 12.2. The minimum absolute atomic E-state index is 1.11. The van der Waals surface area contributed by atoms with E-state index in [4.69, 9.17) is 0 Å². The monoisotopic (exact) mass is 226 g/mol. The largest absolute Gasteiger partial charge is 0.103 e. The number of aryl methyl sites for hydroxylation is 2. The first-order chi connectivity index (χ1) is 8.33. The Kier molecular flexibility index (Phi) is 4.19. The lowest BCUT2D eigenvalue weighted by Crippen LogP contribution is -1.97. The van der Waals surface area contributed by atoms with Gasteiger partial charge in [0, 0.05) is 0 Å². The van der Waals surface area contributed by atoms with Gasteiger partial charge in [-0.25, -0.2) is 0 Å². The van der Waals surface area contributed by atoms with E-state index in [1.807, 2.05) is 6.08 Å². The molecule has 0 spiro atoms. The SMILES string of the molecule is C=CCCCc1cccc2c1C(=C)CCCC2. The second-order valence-electron chi connectivity index (χ2n) is 4.94. The lowest BCUT2D eigenvalue weighted by Gasteiger charge is -2.14. The van der Waals surface area contributed by atoms with E-state index in [0.29, 0.717) is 0 Å². The van der Waals surface area contributed by atoms with Crippen molar-refractivity contribution in [1.82, 2.24) is 0 Å². The maximum Gasteiger partial charge on any atom is -0.0166 e. The summed E-state index contributed by atoms with van der Waals surface area (Å²) >= 11 is 0. The zero-order valence-electron chi connectivity index (χ0n) is 10.7. The molecule has 1 aliphatic carbocycles. The van der Waals surface area contributed by atoms with Crippen LogP contribution in [0, 0.1) is 0 Å². The van der Waals surface area contributed by atoms with Crippen LogP contribution in [0.2, 0.25) is 0 Å². The van der Waals surface area contributed by atoms with Crippen LogP contribution in [0.3, 0.4) is 0 Å². The van der Waals surface area contributed by atoms with Gasteiger partial charge in [0.25, 0.3) is 0 Å². The van der Waals surface area contributed by atoms with Crippen LogP contribution < -0.4 is 0 Å². The topological polar surface area (TPSA) is 0 Å². The van der Waals surface area contributed by atoms with Crippen LogP contribution in [0.25, 0.3) is 5.57 Å². The second-order valence-corrected chi connectivity index (χ2v) is 4.94. The molecule has 0 radical (unpaired) electrons. The van der Waals surface area contributed by atoms with E-state index in [1.54, 1.807) is 0 Å². The third-order valence-electron chi connectivity index (χ3n) is 3.62. The Morgan fingerprint density at radius 1 is 1.18 bits per heavy atom. The third kappa shape index (κ3) is 2.88. The van der Waals surface area contributed by atoms with Crippen molar-refractivity contribution in [3.8, 4) is 0 Å². The van der Waals surface area contributed by atoms with Crippen molar-refractivity contribution < 1.29 is 0 Å². The highest BCUT2D eigenvalue weighted by atomic mass is 14.2. The summed E-state index contributed by atoms with van der Waals surface area (Å²) in [6, 6.07) is 6.77. The highest BCUT2D eigenvalue weighted by Crippen LogP contribution is 2.31. The number of benzene rings is 1. The van der Waals surface area contributed by atoms with Crippen LogP contribution in [-0.2, 0) is 12.8 Å². The summed E-state index contributed by atoms with van der Waals surface area (Å²) in [7, 11) is 0. The highest BCUT2D eigenvalue weighted by molar-refractivity contribution is 5.70. The Morgan fingerprint density at radius 2 is 2.00 bits per heavy atom. The molecule has 90 valence electrons. The van der Waals surface area contributed by atoms with Crippen molar-refractivity contribution in [1.29, 1.82) is 0 Å². The Balaban J connectivity index is 2.26. The molecule has 0 atom stereocenters. The molecule has 17 heavy (non-hydrogen) atoms. The van der Waals surface area contributed by atoms with Gasteiger partial charge in [0.05, 0.1) is 0 Å². The van der Waals surface area contributed by atoms with Gasteiger partial charge in [0.15, 0.2) is 0 Å². The average Bonchev–Trinajstić information content (AvgIpc) is 2.53. The van der Waals surface area contributed by atoms with Crippen molar-refractivity contribution in [3.63, 3.8) is 0 Å².